The van der Waals surface area contributed by atoms with Crippen LogP contribution in [0.4, 0.5) is 4.79 Å². The number of likely N-dealkylation sites (N-methyl/N-ethyl adjacent to an activating group) is 1. The van der Waals surface area contributed by atoms with Gasteiger partial charge >= 0.3 is 12.0 Å². The number of hydrogen-bond donors (Lipinski definition) is 2. The molecule has 0 aliphatic carbocycles. The molecular weight excluding hydrogens is 236 g/mol. The topological polar surface area (TPSA) is 78.9 Å². The minimum atomic E-state index is -0.796. The van der Waals surface area contributed by atoms with Crippen LogP contribution in [0.5, 0.6) is 0 Å². The number of carbonyl (C=O) groups excluding carboxylic acids is 1. The van der Waals surface area contributed by atoms with Crippen LogP contribution in [-0.2, 0) is 9.53 Å². The van der Waals surface area contributed by atoms with E-state index in [9.17, 15) is 9.59 Å². The van der Waals surface area contributed by atoms with Gasteiger partial charge in [-0.1, -0.05) is 6.92 Å². The lowest BCUT2D eigenvalue weighted by Gasteiger charge is -2.17. The number of aliphatic carboxylic acids is 1. The minimum absolute atomic E-state index is 0.155. The lowest BCUT2D eigenvalue weighted by atomic mass is 10.1. The molecule has 0 bridgehead atoms. The summed E-state index contributed by atoms with van der Waals surface area (Å²) in [6.07, 6.45) is 1.23. The van der Waals surface area contributed by atoms with E-state index in [0.29, 0.717) is 39.1 Å². The molecule has 0 heterocycles. The van der Waals surface area contributed by atoms with Crippen molar-refractivity contribution in [3.8, 4) is 0 Å². The maximum absolute atomic E-state index is 11.6. The van der Waals surface area contributed by atoms with Crippen LogP contribution in [0.1, 0.15) is 26.7 Å². The van der Waals surface area contributed by atoms with Gasteiger partial charge in [0.1, 0.15) is 0 Å². The predicted molar refractivity (Wildman–Crippen MR) is 68.6 cm³/mol. The lowest BCUT2D eigenvalue weighted by Crippen LogP contribution is -2.39. The van der Waals surface area contributed by atoms with Gasteiger partial charge in [-0.05, 0) is 19.8 Å². The van der Waals surface area contributed by atoms with Crippen molar-refractivity contribution >= 4 is 12.0 Å². The number of ether oxygens (including phenoxy) is 1. The summed E-state index contributed by atoms with van der Waals surface area (Å²) in [7, 11) is 1.70. The van der Waals surface area contributed by atoms with Crippen LogP contribution in [0.25, 0.3) is 0 Å². The molecule has 0 aromatic carbocycles. The fraction of sp³-hybridized carbons (Fsp3) is 0.833. The molecule has 0 spiro atoms. The number of urea groups is 1. The Hall–Kier alpha value is -1.30. The molecule has 0 rings (SSSR count). The summed E-state index contributed by atoms with van der Waals surface area (Å²) >= 11 is 0. The zero-order valence-electron chi connectivity index (χ0n) is 11.4. The van der Waals surface area contributed by atoms with Crippen LogP contribution in [0.2, 0.25) is 0 Å². The fourth-order valence-corrected chi connectivity index (χ4v) is 1.31. The van der Waals surface area contributed by atoms with Crippen LogP contribution in [-0.4, -0.2) is 55.4 Å². The SMILES string of the molecule is CCOCCN(C)C(=O)NCCCC(C)C(=O)O. The third-order valence-electron chi connectivity index (χ3n) is 2.63. The smallest absolute Gasteiger partial charge is 0.317 e. The minimum Gasteiger partial charge on any atom is -0.481 e. The Kier molecular flexibility index (Phi) is 9.00. The summed E-state index contributed by atoms with van der Waals surface area (Å²) < 4.78 is 5.15. The van der Waals surface area contributed by atoms with Crippen LogP contribution in [0.15, 0.2) is 0 Å². The van der Waals surface area contributed by atoms with E-state index in [1.165, 1.54) is 0 Å². The first-order valence-corrected chi connectivity index (χ1v) is 6.28. The predicted octanol–water partition coefficient (Wildman–Crippen LogP) is 1.17. The number of carbonyl (C=O) groups is 2. The Morgan fingerprint density at radius 3 is 2.67 bits per heavy atom. The van der Waals surface area contributed by atoms with Crippen molar-refractivity contribution in [2.75, 3.05) is 33.4 Å². The molecule has 0 aliphatic rings. The number of rotatable bonds is 9. The van der Waals surface area contributed by atoms with Crippen molar-refractivity contribution in [2.24, 2.45) is 5.92 Å². The molecule has 0 aromatic rings. The monoisotopic (exact) mass is 260 g/mol. The second-order valence-corrected chi connectivity index (χ2v) is 4.23. The molecule has 0 saturated heterocycles. The van der Waals surface area contributed by atoms with Crippen molar-refractivity contribution in [2.45, 2.75) is 26.7 Å². The molecule has 1 atom stereocenters. The largest absolute Gasteiger partial charge is 0.481 e. The van der Waals surface area contributed by atoms with Crippen LogP contribution in [0.3, 0.4) is 0 Å². The standard InChI is InChI=1S/C12H24N2O4/c1-4-18-9-8-14(3)12(17)13-7-5-6-10(2)11(15)16/h10H,4-9H2,1-3H3,(H,13,17)(H,15,16). The van der Waals surface area contributed by atoms with E-state index in [0.717, 1.165) is 0 Å². The summed E-state index contributed by atoms with van der Waals surface area (Å²) in [6.45, 7) is 5.78. The number of nitrogens with one attached hydrogen (secondary N) is 1. The van der Waals surface area contributed by atoms with Crippen LogP contribution in [0, 0.1) is 5.92 Å². The summed E-state index contributed by atoms with van der Waals surface area (Å²) in [4.78, 5) is 23.7. The summed E-state index contributed by atoms with van der Waals surface area (Å²) in [5.74, 6) is -1.16. The maximum Gasteiger partial charge on any atom is 0.317 e. The van der Waals surface area contributed by atoms with Gasteiger partial charge in [-0.15, -0.1) is 0 Å². The van der Waals surface area contributed by atoms with Gasteiger partial charge in [0.15, 0.2) is 0 Å². The number of hydrogen-bond acceptors (Lipinski definition) is 3. The highest BCUT2D eigenvalue weighted by Crippen LogP contribution is 2.04. The van der Waals surface area contributed by atoms with Gasteiger partial charge < -0.3 is 20.1 Å². The van der Waals surface area contributed by atoms with Crippen LogP contribution < -0.4 is 5.32 Å². The van der Waals surface area contributed by atoms with Gasteiger partial charge in [0.2, 0.25) is 0 Å². The van der Waals surface area contributed by atoms with Gasteiger partial charge in [-0.3, -0.25) is 4.79 Å². The van der Waals surface area contributed by atoms with Crippen molar-refractivity contribution in [1.82, 2.24) is 10.2 Å². The first-order valence-electron chi connectivity index (χ1n) is 6.28. The molecule has 1 unspecified atom stereocenters. The zero-order valence-corrected chi connectivity index (χ0v) is 11.4. The molecule has 0 fully saturated rings. The molecule has 0 radical (unpaired) electrons. The first kappa shape index (κ1) is 16.7. The summed E-state index contributed by atoms with van der Waals surface area (Å²) in [5.41, 5.74) is 0. The third-order valence-corrected chi connectivity index (χ3v) is 2.63. The van der Waals surface area contributed by atoms with E-state index in [2.05, 4.69) is 5.32 Å². The second-order valence-electron chi connectivity index (χ2n) is 4.23. The quantitative estimate of drug-likeness (QED) is 0.610. The molecule has 106 valence electrons. The Morgan fingerprint density at radius 1 is 1.44 bits per heavy atom. The van der Waals surface area contributed by atoms with Crippen molar-refractivity contribution in [3.63, 3.8) is 0 Å². The summed E-state index contributed by atoms with van der Waals surface area (Å²) in [5, 5.41) is 11.4. The van der Waals surface area contributed by atoms with E-state index in [-0.39, 0.29) is 11.9 Å². The van der Waals surface area contributed by atoms with Gasteiger partial charge in [-0.25, -0.2) is 4.79 Å². The van der Waals surface area contributed by atoms with E-state index in [1.807, 2.05) is 6.92 Å². The van der Waals surface area contributed by atoms with Crippen molar-refractivity contribution in [1.29, 1.82) is 0 Å². The Morgan fingerprint density at radius 2 is 2.11 bits per heavy atom. The summed E-state index contributed by atoms with van der Waals surface area (Å²) in [6, 6.07) is -0.155. The first-order chi connectivity index (χ1) is 8.49. The normalized spacial score (nSPS) is 11.9. The number of carboxylic acids is 1. The average Bonchev–Trinajstić information content (AvgIpc) is 2.33. The van der Waals surface area contributed by atoms with Gasteiger partial charge in [0.05, 0.1) is 12.5 Å². The Labute approximate surface area is 108 Å². The molecule has 0 aliphatic heterocycles. The van der Waals surface area contributed by atoms with Crippen molar-refractivity contribution in [3.05, 3.63) is 0 Å². The molecule has 0 saturated carbocycles. The molecule has 2 N–H and O–H groups in total. The number of nitrogens with zero attached hydrogens (tertiary/aromatic N) is 1. The molecule has 6 nitrogen and oxygen atoms in total. The van der Waals surface area contributed by atoms with E-state index < -0.39 is 5.97 Å². The fourth-order valence-electron chi connectivity index (χ4n) is 1.31. The molecule has 18 heavy (non-hydrogen) atoms. The van der Waals surface area contributed by atoms with E-state index >= 15 is 0 Å². The lowest BCUT2D eigenvalue weighted by molar-refractivity contribution is -0.141. The average molecular weight is 260 g/mol. The molecular formula is C12H24N2O4. The molecule has 0 aromatic heterocycles. The van der Waals surface area contributed by atoms with Gasteiger partial charge in [0, 0.05) is 26.7 Å². The maximum atomic E-state index is 11.6. The zero-order chi connectivity index (χ0) is 14.0. The Balaban J connectivity index is 3.60. The molecule has 2 amide bonds. The van der Waals surface area contributed by atoms with E-state index in [1.54, 1.807) is 18.9 Å². The van der Waals surface area contributed by atoms with Crippen molar-refractivity contribution < 1.29 is 19.4 Å². The third kappa shape index (κ3) is 7.89. The highest BCUT2D eigenvalue weighted by molar-refractivity contribution is 5.73. The number of amides is 2. The Bertz CT molecular complexity index is 258. The van der Waals surface area contributed by atoms with Crippen LogP contribution >= 0.6 is 0 Å². The number of carboxylic acid groups (broad SMARTS) is 1. The second kappa shape index (κ2) is 9.70. The van der Waals surface area contributed by atoms with E-state index in [4.69, 9.17) is 9.84 Å². The highest BCUT2D eigenvalue weighted by Gasteiger charge is 2.11. The molecule has 6 heteroatoms. The highest BCUT2D eigenvalue weighted by atomic mass is 16.5. The van der Waals surface area contributed by atoms with Gasteiger partial charge in [-0.2, -0.15) is 0 Å². The van der Waals surface area contributed by atoms with Gasteiger partial charge in [0.25, 0.3) is 0 Å².